The molecule has 7 nitrogen and oxygen atoms in total. The summed E-state index contributed by atoms with van der Waals surface area (Å²) in [7, 11) is -2.84. The van der Waals surface area contributed by atoms with Crippen molar-refractivity contribution >= 4 is 18.7 Å². The second kappa shape index (κ2) is 10.4. The van der Waals surface area contributed by atoms with Crippen LogP contribution in [0.4, 0.5) is 0 Å². The highest BCUT2D eigenvalue weighted by molar-refractivity contribution is 6.99. The maximum Gasteiger partial charge on any atom is 0.261 e. The van der Waals surface area contributed by atoms with Crippen molar-refractivity contribution in [1.29, 1.82) is 0 Å². The quantitative estimate of drug-likeness (QED) is 0.272. The third kappa shape index (κ3) is 5.66. The molecule has 3 rings (SSSR count). The van der Waals surface area contributed by atoms with Gasteiger partial charge in [-0.25, -0.2) is 0 Å². The molecule has 1 aliphatic heterocycles. The molecule has 0 radical (unpaired) electrons. The summed E-state index contributed by atoms with van der Waals surface area (Å²) in [6, 6.07) is 20.1. The topological polar surface area (TPSA) is 96.7 Å². The summed E-state index contributed by atoms with van der Waals surface area (Å²) in [4.78, 5) is 2.97. The lowest BCUT2D eigenvalue weighted by molar-refractivity contribution is -0.282. The zero-order valence-electron chi connectivity index (χ0n) is 20.1. The number of azide groups is 1. The lowest BCUT2D eigenvalue weighted by Gasteiger charge is -2.46. The fourth-order valence-corrected chi connectivity index (χ4v) is 9.30. The van der Waals surface area contributed by atoms with E-state index >= 15 is 0 Å². The predicted molar refractivity (Wildman–Crippen MR) is 132 cm³/mol. The molecule has 1 fully saturated rings. The molecule has 1 aliphatic rings. The molecule has 1 heterocycles. The standard InChI is InChI=1S/C25H35N3O4Si/c1-24(2,3)33(20-12-8-6-9-13-20,21-14-10-7-11-15-21)32-19(17-29)16-23-22(27-28-26)18-30-25(4,5)31-23/h6-15,19,22-23,29H,16-18H2,1-5H3/t19-,22+,23+/m0/s1. The Balaban J connectivity index is 2.03. The zero-order chi connectivity index (χ0) is 24.1. The van der Waals surface area contributed by atoms with Gasteiger partial charge in [-0.15, -0.1) is 0 Å². The van der Waals surface area contributed by atoms with Crippen molar-refractivity contribution in [2.45, 2.75) is 70.1 Å². The van der Waals surface area contributed by atoms with Gasteiger partial charge in [0.15, 0.2) is 5.79 Å². The number of hydrogen-bond acceptors (Lipinski definition) is 5. The van der Waals surface area contributed by atoms with E-state index < -0.39 is 32.4 Å². The fraction of sp³-hybridized carbons (Fsp3) is 0.520. The second-order valence-corrected chi connectivity index (χ2v) is 14.2. The highest BCUT2D eigenvalue weighted by Gasteiger charge is 2.52. The normalized spacial score (nSPS) is 21.8. The van der Waals surface area contributed by atoms with Gasteiger partial charge >= 0.3 is 0 Å². The Kier molecular flexibility index (Phi) is 8.00. The number of aliphatic hydroxyl groups is 1. The lowest BCUT2D eigenvalue weighted by atomic mass is 10.0. The number of hydrogen-bond donors (Lipinski definition) is 1. The van der Waals surface area contributed by atoms with Gasteiger partial charge in [0.05, 0.1) is 31.5 Å². The van der Waals surface area contributed by atoms with Crippen molar-refractivity contribution in [2.24, 2.45) is 5.11 Å². The first-order valence-corrected chi connectivity index (χ1v) is 13.3. The summed E-state index contributed by atoms with van der Waals surface area (Å²) >= 11 is 0. The van der Waals surface area contributed by atoms with Crippen LogP contribution in [-0.4, -0.2) is 50.7 Å². The van der Waals surface area contributed by atoms with Crippen LogP contribution in [-0.2, 0) is 13.9 Å². The summed E-state index contributed by atoms with van der Waals surface area (Å²) in [5.74, 6) is -0.802. The second-order valence-electron chi connectivity index (χ2n) is 9.96. The molecular weight excluding hydrogens is 434 g/mol. The van der Waals surface area contributed by atoms with Gasteiger partial charge in [-0.1, -0.05) is 86.5 Å². The molecule has 178 valence electrons. The van der Waals surface area contributed by atoms with E-state index in [-0.39, 0.29) is 18.3 Å². The zero-order valence-corrected chi connectivity index (χ0v) is 21.1. The van der Waals surface area contributed by atoms with Crippen LogP contribution in [0.5, 0.6) is 0 Å². The van der Waals surface area contributed by atoms with Gasteiger partial charge < -0.3 is 19.0 Å². The van der Waals surface area contributed by atoms with E-state index in [1.165, 1.54) is 0 Å². The van der Waals surface area contributed by atoms with Gasteiger partial charge in [-0.2, -0.15) is 0 Å². The first kappa shape index (κ1) is 25.4. The van der Waals surface area contributed by atoms with E-state index in [0.717, 1.165) is 10.4 Å². The molecule has 33 heavy (non-hydrogen) atoms. The third-order valence-corrected chi connectivity index (χ3v) is 11.2. The van der Waals surface area contributed by atoms with E-state index in [1.807, 2.05) is 50.2 Å². The molecular formula is C25H35N3O4Si. The van der Waals surface area contributed by atoms with Gasteiger partial charge in [0, 0.05) is 11.3 Å². The molecule has 2 aromatic rings. The Morgan fingerprint density at radius 3 is 2.12 bits per heavy atom. The van der Waals surface area contributed by atoms with E-state index in [1.54, 1.807) is 0 Å². The highest BCUT2D eigenvalue weighted by Crippen LogP contribution is 2.38. The van der Waals surface area contributed by atoms with E-state index in [4.69, 9.17) is 19.4 Å². The predicted octanol–water partition coefficient (Wildman–Crippen LogP) is 4.14. The average molecular weight is 470 g/mol. The van der Waals surface area contributed by atoms with E-state index in [0.29, 0.717) is 6.42 Å². The molecule has 1 N–H and O–H groups in total. The fourth-order valence-electron chi connectivity index (χ4n) is 4.61. The largest absolute Gasteiger partial charge is 0.402 e. The molecule has 0 aromatic heterocycles. The average Bonchev–Trinajstić information content (AvgIpc) is 2.78. The number of ether oxygens (including phenoxy) is 2. The summed E-state index contributed by atoms with van der Waals surface area (Å²) in [6.45, 7) is 10.4. The third-order valence-electron chi connectivity index (χ3n) is 6.13. The maximum atomic E-state index is 10.4. The van der Waals surface area contributed by atoms with Crippen molar-refractivity contribution in [1.82, 2.24) is 0 Å². The van der Waals surface area contributed by atoms with Crippen LogP contribution in [0.15, 0.2) is 65.8 Å². The highest BCUT2D eigenvalue weighted by atomic mass is 28.4. The number of benzene rings is 2. The molecule has 0 spiro atoms. The van der Waals surface area contributed by atoms with Crippen LogP contribution in [0, 0.1) is 0 Å². The molecule has 1 saturated heterocycles. The first-order chi connectivity index (χ1) is 15.6. The summed E-state index contributed by atoms with van der Waals surface area (Å²) < 4.78 is 18.9. The molecule has 0 bridgehead atoms. The Morgan fingerprint density at radius 1 is 1.12 bits per heavy atom. The Labute approximate surface area is 197 Å². The van der Waals surface area contributed by atoms with Gasteiger partial charge in [0.2, 0.25) is 0 Å². The SMILES string of the molecule is CC1(C)OC[C@@H](N=[N+]=[N-])[C@@H](C[C@@H](CO)O[Si](c2ccccc2)(c2ccccc2)C(C)(C)C)O1. The minimum absolute atomic E-state index is 0.172. The van der Waals surface area contributed by atoms with Crippen LogP contribution in [0.3, 0.4) is 0 Å². The molecule has 3 atom stereocenters. The van der Waals surface area contributed by atoms with Crippen LogP contribution in [0.1, 0.15) is 41.0 Å². The summed E-state index contributed by atoms with van der Waals surface area (Å²) in [6.07, 6.45) is -0.552. The van der Waals surface area contributed by atoms with Gasteiger partial charge in [0.25, 0.3) is 8.32 Å². The minimum atomic E-state index is -2.84. The molecule has 2 aromatic carbocycles. The molecule has 0 aliphatic carbocycles. The summed E-state index contributed by atoms with van der Waals surface area (Å²) in [5.41, 5.74) is 9.02. The first-order valence-electron chi connectivity index (χ1n) is 11.4. The number of nitrogens with zero attached hydrogens (tertiary/aromatic N) is 3. The monoisotopic (exact) mass is 469 g/mol. The Bertz CT molecular complexity index is 904. The number of aliphatic hydroxyl groups excluding tert-OH is 1. The molecule has 8 heteroatoms. The van der Waals surface area contributed by atoms with Crippen molar-refractivity contribution in [3.8, 4) is 0 Å². The van der Waals surface area contributed by atoms with Crippen LogP contribution < -0.4 is 10.4 Å². The summed E-state index contributed by atoms with van der Waals surface area (Å²) in [5, 5.41) is 16.4. The van der Waals surface area contributed by atoms with Crippen LogP contribution >= 0.6 is 0 Å². The van der Waals surface area contributed by atoms with Crippen LogP contribution in [0.2, 0.25) is 5.04 Å². The number of rotatable bonds is 8. The maximum absolute atomic E-state index is 10.4. The smallest absolute Gasteiger partial charge is 0.261 e. The van der Waals surface area contributed by atoms with E-state index in [2.05, 4.69) is 55.1 Å². The van der Waals surface area contributed by atoms with Crippen molar-refractivity contribution in [3.63, 3.8) is 0 Å². The van der Waals surface area contributed by atoms with Gasteiger partial charge in [-0.05, 0) is 34.8 Å². The van der Waals surface area contributed by atoms with Crippen molar-refractivity contribution in [3.05, 3.63) is 71.1 Å². The minimum Gasteiger partial charge on any atom is -0.402 e. The van der Waals surface area contributed by atoms with Crippen LogP contribution in [0.25, 0.3) is 10.4 Å². The molecule has 0 amide bonds. The molecule has 0 unspecified atom stereocenters. The van der Waals surface area contributed by atoms with Gasteiger partial charge in [0.1, 0.15) is 0 Å². The van der Waals surface area contributed by atoms with Gasteiger partial charge in [-0.3, -0.25) is 0 Å². The Hall–Kier alpha value is -2.19. The molecule has 0 saturated carbocycles. The van der Waals surface area contributed by atoms with Crippen molar-refractivity contribution in [2.75, 3.05) is 13.2 Å². The Morgan fingerprint density at radius 2 is 1.67 bits per heavy atom. The van der Waals surface area contributed by atoms with E-state index in [9.17, 15) is 5.11 Å². The lowest BCUT2D eigenvalue weighted by Crippen LogP contribution is -2.68. The van der Waals surface area contributed by atoms with Crippen molar-refractivity contribution < 1.29 is 19.0 Å².